The van der Waals surface area contributed by atoms with E-state index < -0.39 is 5.97 Å². The molecule has 2 aromatic carbocycles. The minimum atomic E-state index is -0.508. The first-order valence-electron chi connectivity index (χ1n) is 9.13. The Hall–Kier alpha value is -3.39. The molecule has 0 aliphatic rings. The molecule has 0 bridgehead atoms. The number of ether oxygens (including phenoxy) is 3. The van der Waals surface area contributed by atoms with Gasteiger partial charge in [0.1, 0.15) is 23.1 Å². The van der Waals surface area contributed by atoms with E-state index in [0.717, 1.165) is 15.8 Å². The number of para-hydroxylation sites is 1. The molecule has 0 unspecified atom stereocenters. The van der Waals surface area contributed by atoms with Crippen molar-refractivity contribution in [1.82, 2.24) is 9.88 Å². The Bertz CT molecular complexity index is 1020. The van der Waals surface area contributed by atoms with Gasteiger partial charge in [-0.25, -0.2) is 4.98 Å². The van der Waals surface area contributed by atoms with Crippen molar-refractivity contribution in [2.75, 3.05) is 27.9 Å². The van der Waals surface area contributed by atoms with Gasteiger partial charge in [-0.05, 0) is 35.9 Å². The van der Waals surface area contributed by atoms with E-state index in [9.17, 15) is 9.59 Å². The van der Waals surface area contributed by atoms with Gasteiger partial charge in [0, 0.05) is 18.7 Å². The summed E-state index contributed by atoms with van der Waals surface area (Å²) >= 11 is 1.49. The van der Waals surface area contributed by atoms with Gasteiger partial charge in [-0.15, -0.1) is 11.3 Å². The van der Waals surface area contributed by atoms with Gasteiger partial charge < -0.3 is 19.1 Å². The second-order valence-corrected chi connectivity index (χ2v) is 7.41. The van der Waals surface area contributed by atoms with Gasteiger partial charge in [-0.3, -0.25) is 9.59 Å². The van der Waals surface area contributed by atoms with Gasteiger partial charge >= 0.3 is 5.97 Å². The molecule has 8 heteroatoms. The highest BCUT2D eigenvalue weighted by molar-refractivity contribution is 7.19. The number of fused-ring (bicyclic) bond motifs is 1. The molecule has 1 aromatic heterocycles. The first kappa shape index (κ1) is 21.3. The van der Waals surface area contributed by atoms with E-state index in [2.05, 4.69) is 4.98 Å². The summed E-state index contributed by atoms with van der Waals surface area (Å²) in [5.41, 5.74) is 1.64. The van der Waals surface area contributed by atoms with Gasteiger partial charge in [0.25, 0.3) is 0 Å². The van der Waals surface area contributed by atoms with Crippen LogP contribution in [-0.2, 0) is 20.9 Å². The van der Waals surface area contributed by atoms with Crippen LogP contribution in [0.5, 0.6) is 11.5 Å². The Morgan fingerprint density at radius 2 is 1.77 bits per heavy atom. The fourth-order valence-electron chi connectivity index (χ4n) is 2.82. The van der Waals surface area contributed by atoms with Crippen LogP contribution in [0, 0.1) is 0 Å². The number of rotatable bonds is 8. The van der Waals surface area contributed by atoms with Crippen LogP contribution in [0.1, 0.15) is 10.6 Å². The number of carbonyl (C=O) groups excluding carboxylic acids is 2. The molecule has 0 aliphatic heterocycles. The lowest BCUT2D eigenvalue weighted by atomic mass is 10.2. The van der Waals surface area contributed by atoms with Crippen molar-refractivity contribution in [2.24, 2.45) is 0 Å². The van der Waals surface area contributed by atoms with Crippen LogP contribution in [0.2, 0.25) is 0 Å². The third kappa shape index (κ3) is 5.36. The Morgan fingerprint density at radius 3 is 2.40 bits per heavy atom. The third-order valence-corrected chi connectivity index (χ3v) is 5.32. The second kappa shape index (κ2) is 9.89. The summed E-state index contributed by atoms with van der Waals surface area (Å²) in [7, 11) is 4.39. The predicted octanol–water partition coefficient (Wildman–Crippen LogP) is 3.53. The monoisotopic (exact) mass is 426 g/mol. The van der Waals surface area contributed by atoms with E-state index in [4.69, 9.17) is 14.2 Å². The summed E-state index contributed by atoms with van der Waals surface area (Å²) in [4.78, 5) is 30.6. The number of esters is 1. The molecule has 30 heavy (non-hydrogen) atoms. The van der Waals surface area contributed by atoms with Crippen molar-refractivity contribution in [3.63, 3.8) is 0 Å². The molecule has 0 aliphatic carbocycles. The van der Waals surface area contributed by atoms with E-state index in [1.807, 2.05) is 24.3 Å². The largest absolute Gasteiger partial charge is 0.497 e. The highest BCUT2D eigenvalue weighted by atomic mass is 32.1. The van der Waals surface area contributed by atoms with E-state index in [1.54, 1.807) is 38.5 Å². The average Bonchev–Trinajstić information content (AvgIpc) is 3.19. The highest BCUT2D eigenvalue weighted by Crippen LogP contribution is 2.24. The molecule has 0 spiro atoms. The lowest BCUT2D eigenvalue weighted by molar-refractivity contribution is -0.145. The van der Waals surface area contributed by atoms with Crippen LogP contribution in [-0.4, -0.2) is 49.6 Å². The lowest BCUT2D eigenvalue weighted by Crippen LogP contribution is -2.34. The zero-order chi connectivity index (χ0) is 21.5. The van der Waals surface area contributed by atoms with Crippen LogP contribution in [0.15, 0.2) is 48.5 Å². The normalized spacial score (nSPS) is 10.9. The molecule has 156 valence electrons. The molecule has 0 radical (unpaired) electrons. The molecule has 0 fully saturated rings. The summed E-state index contributed by atoms with van der Waals surface area (Å²) in [5.74, 6) is 0.354. The maximum atomic E-state index is 12.8. The number of methoxy groups -OCH3 is 3. The van der Waals surface area contributed by atoms with Gasteiger partial charge in [-0.1, -0.05) is 12.1 Å². The maximum absolute atomic E-state index is 12.8. The van der Waals surface area contributed by atoms with E-state index >= 15 is 0 Å². The van der Waals surface area contributed by atoms with Crippen LogP contribution in [0.4, 0.5) is 0 Å². The Morgan fingerprint density at radius 1 is 1.07 bits per heavy atom. The Kier molecular flexibility index (Phi) is 7.03. The fourth-order valence-corrected chi connectivity index (χ4v) is 3.69. The standard InChI is InChI=1S/C22H22N2O5S/c1-27-16-10-15(11-17(12-16)28-2)13-24(14-22(26)29-3)21(25)9-8-20-23-18-6-4-5-7-19(18)30-20/h4-12H,13-14H2,1-3H3/b9-8+. The highest BCUT2D eigenvalue weighted by Gasteiger charge is 2.17. The number of carbonyl (C=O) groups is 2. The van der Waals surface area contributed by atoms with E-state index in [-0.39, 0.29) is 19.0 Å². The Balaban J connectivity index is 1.81. The van der Waals surface area contributed by atoms with Crippen molar-refractivity contribution in [3.8, 4) is 11.5 Å². The van der Waals surface area contributed by atoms with Gasteiger partial charge in [0.05, 0.1) is 31.5 Å². The topological polar surface area (TPSA) is 78.0 Å². The van der Waals surface area contributed by atoms with Crippen molar-refractivity contribution in [2.45, 2.75) is 6.54 Å². The first-order chi connectivity index (χ1) is 14.5. The van der Waals surface area contributed by atoms with Crippen LogP contribution in [0.3, 0.4) is 0 Å². The molecule has 3 rings (SSSR count). The first-order valence-corrected chi connectivity index (χ1v) is 9.95. The molecular weight excluding hydrogens is 404 g/mol. The van der Waals surface area contributed by atoms with Crippen molar-refractivity contribution < 1.29 is 23.8 Å². The average molecular weight is 426 g/mol. The number of benzene rings is 2. The summed E-state index contributed by atoms with van der Waals surface area (Å²) in [6, 6.07) is 13.1. The molecule has 7 nitrogen and oxygen atoms in total. The molecule has 0 atom stereocenters. The zero-order valence-corrected chi connectivity index (χ0v) is 17.8. The molecule has 1 heterocycles. The molecule has 0 saturated carbocycles. The quantitative estimate of drug-likeness (QED) is 0.405. The minimum Gasteiger partial charge on any atom is -0.497 e. The lowest BCUT2D eigenvalue weighted by Gasteiger charge is -2.20. The molecular formula is C22H22N2O5S. The van der Waals surface area contributed by atoms with Crippen molar-refractivity contribution in [1.29, 1.82) is 0 Å². The van der Waals surface area contributed by atoms with Crippen molar-refractivity contribution in [3.05, 3.63) is 59.1 Å². The van der Waals surface area contributed by atoms with Crippen LogP contribution >= 0.6 is 11.3 Å². The predicted molar refractivity (Wildman–Crippen MR) is 116 cm³/mol. The number of amides is 1. The smallest absolute Gasteiger partial charge is 0.325 e. The maximum Gasteiger partial charge on any atom is 0.325 e. The number of hydrogen-bond acceptors (Lipinski definition) is 7. The van der Waals surface area contributed by atoms with E-state index in [0.29, 0.717) is 16.5 Å². The number of nitrogens with zero attached hydrogens (tertiary/aromatic N) is 2. The van der Waals surface area contributed by atoms with Gasteiger partial charge in [0.15, 0.2) is 0 Å². The second-order valence-electron chi connectivity index (χ2n) is 6.34. The van der Waals surface area contributed by atoms with Crippen LogP contribution in [0.25, 0.3) is 16.3 Å². The number of thiazole rings is 1. The minimum absolute atomic E-state index is 0.182. The molecule has 0 N–H and O–H groups in total. The summed E-state index contributed by atoms with van der Waals surface area (Å²) in [6.07, 6.45) is 3.07. The Labute approximate surface area is 178 Å². The third-order valence-electron chi connectivity index (χ3n) is 4.32. The van der Waals surface area contributed by atoms with E-state index in [1.165, 1.54) is 29.4 Å². The van der Waals surface area contributed by atoms with Gasteiger partial charge in [-0.2, -0.15) is 0 Å². The fraction of sp³-hybridized carbons (Fsp3) is 0.227. The number of hydrogen-bond donors (Lipinski definition) is 0. The van der Waals surface area contributed by atoms with Crippen LogP contribution < -0.4 is 9.47 Å². The molecule has 3 aromatic rings. The summed E-state index contributed by atoms with van der Waals surface area (Å²) in [6.45, 7) is 0.00468. The zero-order valence-electron chi connectivity index (χ0n) is 17.0. The molecule has 0 saturated heterocycles. The van der Waals surface area contributed by atoms with Crippen molar-refractivity contribution >= 4 is 39.5 Å². The molecule has 1 amide bonds. The number of aromatic nitrogens is 1. The SMILES string of the molecule is COC(=O)CN(Cc1cc(OC)cc(OC)c1)C(=O)/C=C/c1nc2ccccc2s1. The summed E-state index contributed by atoms with van der Waals surface area (Å²) in [5, 5.41) is 0.714. The van der Waals surface area contributed by atoms with Gasteiger partial charge in [0.2, 0.25) is 5.91 Å². The summed E-state index contributed by atoms with van der Waals surface area (Å²) < 4.78 is 16.3.